The highest BCUT2D eigenvalue weighted by atomic mass is 16.3. The van der Waals surface area contributed by atoms with Crippen LogP contribution in [0.15, 0.2) is 0 Å². The van der Waals surface area contributed by atoms with Gasteiger partial charge in [-0.2, -0.15) is 0 Å². The summed E-state index contributed by atoms with van der Waals surface area (Å²) in [5, 5.41) is 14.0. The third-order valence-corrected chi connectivity index (χ3v) is 5.25. The van der Waals surface area contributed by atoms with Crippen molar-refractivity contribution in [3.05, 3.63) is 0 Å². The van der Waals surface area contributed by atoms with Crippen LogP contribution in [0, 0.1) is 11.8 Å². The number of nitrogens with one attached hydrogen (secondary N) is 1. The van der Waals surface area contributed by atoms with Gasteiger partial charge in [0.15, 0.2) is 0 Å². The van der Waals surface area contributed by atoms with E-state index in [9.17, 15) is 5.11 Å². The molecule has 1 unspecified atom stereocenters. The largest absolute Gasteiger partial charge is 0.394 e. The quantitative estimate of drug-likeness (QED) is 0.615. The molecule has 0 aromatic rings. The average Bonchev–Trinajstić information content (AvgIpc) is 3.31. The molecule has 0 bridgehead atoms. The van der Waals surface area contributed by atoms with Crippen molar-refractivity contribution >= 4 is 0 Å². The Morgan fingerprint density at radius 3 is 2.14 bits per heavy atom. The Kier molecular flexibility index (Phi) is 6.10. The Morgan fingerprint density at radius 2 is 1.76 bits per heavy atom. The lowest BCUT2D eigenvalue weighted by Crippen LogP contribution is -2.60. The summed E-state index contributed by atoms with van der Waals surface area (Å²) in [5.74, 6) is 1.37. The van der Waals surface area contributed by atoms with Gasteiger partial charge in [0, 0.05) is 25.2 Å². The highest BCUT2D eigenvalue weighted by molar-refractivity contribution is 5.06. The number of rotatable bonds is 11. The van der Waals surface area contributed by atoms with Crippen LogP contribution in [-0.4, -0.2) is 47.3 Å². The van der Waals surface area contributed by atoms with E-state index in [4.69, 9.17) is 0 Å². The van der Waals surface area contributed by atoms with E-state index < -0.39 is 0 Å². The fourth-order valence-electron chi connectivity index (χ4n) is 3.77. The lowest BCUT2D eigenvalue weighted by Gasteiger charge is -2.42. The van der Waals surface area contributed by atoms with Crippen molar-refractivity contribution in [3.63, 3.8) is 0 Å². The summed E-state index contributed by atoms with van der Waals surface area (Å²) in [6, 6.07) is 1.32. The lowest BCUT2D eigenvalue weighted by molar-refractivity contribution is 0.0589. The first-order chi connectivity index (χ1) is 10.0. The zero-order valence-corrected chi connectivity index (χ0v) is 14.6. The molecule has 2 aliphatic rings. The van der Waals surface area contributed by atoms with Gasteiger partial charge in [-0.3, -0.25) is 4.90 Å². The maximum Gasteiger partial charge on any atom is 0.0628 e. The first-order valence-corrected chi connectivity index (χ1v) is 9.17. The first-order valence-electron chi connectivity index (χ1n) is 9.17. The third kappa shape index (κ3) is 4.67. The molecule has 0 radical (unpaired) electrons. The van der Waals surface area contributed by atoms with Crippen molar-refractivity contribution in [3.8, 4) is 0 Å². The molecule has 2 aliphatic carbocycles. The molecule has 2 rings (SSSR count). The molecular formula is C18H36N2O. The molecule has 2 N–H and O–H groups in total. The minimum absolute atomic E-state index is 0.0430. The predicted octanol–water partition coefficient (Wildman–Crippen LogP) is 3.03. The van der Waals surface area contributed by atoms with E-state index in [0.29, 0.717) is 30.5 Å². The molecule has 0 aliphatic heterocycles. The summed E-state index contributed by atoms with van der Waals surface area (Å²) >= 11 is 0. The van der Waals surface area contributed by atoms with Crippen molar-refractivity contribution in [1.29, 1.82) is 0 Å². The predicted molar refractivity (Wildman–Crippen MR) is 89.5 cm³/mol. The Labute approximate surface area is 131 Å². The Morgan fingerprint density at radius 1 is 1.14 bits per heavy atom. The van der Waals surface area contributed by atoms with Gasteiger partial charge < -0.3 is 10.4 Å². The van der Waals surface area contributed by atoms with Gasteiger partial charge in [0.1, 0.15) is 0 Å². The summed E-state index contributed by atoms with van der Waals surface area (Å²) in [4.78, 5) is 2.66. The molecular weight excluding hydrogens is 260 g/mol. The molecule has 0 aromatic carbocycles. The van der Waals surface area contributed by atoms with Gasteiger partial charge >= 0.3 is 0 Å². The molecule has 1 atom stereocenters. The Hall–Kier alpha value is -0.120. The van der Waals surface area contributed by atoms with E-state index >= 15 is 0 Å². The van der Waals surface area contributed by atoms with Crippen LogP contribution in [0.25, 0.3) is 0 Å². The highest BCUT2D eigenvalue weighted by Gasteiger charge is 2.48. The van der Waals surface area contributed by atoms with Crippen LogP contribution in [0.1, 0.15) is 66.2 Å². The molecule has 2 saturated carbocycles. The molecule has 3 heteroatoms. The monoisotopic (exact) mass is 296 g/mol. The third-order valence-electron chi connectivity index (χ3n) is 5.25. The van der Waals surface area contributed by atoms with E-state index in [0.717, 1.165) is 13.1 Å². The zero-order valence-electron chi connectivity index (χ0n) is 14.6. The van der Waals surface area contributed by atoms with Crippen LogP contribution in [0.5, 0.6) is 0 Å². The minimum Gasteiger partial charge on any atom is -0.394 e. The molecule has 21 heavy (non-hydrogen) atoms. The summed E-state index contributed by atoms with van der Waals surface area (Å²) in [6.45, 7) is 11.7. The second-order valence-corrected chi connectivity index (χ2v) is 7.80. The van der Waals surface area contributed by atoms with Crippen LogP contribution >= 0.6 is 0 Å². The van der Waals surface area contributed by atoms with Crippen molar-refractivity contribution < 1.29 is 5.11 Å². The van der Waals surface area contributed by atoms with E-state index in [-0.39, 0.29) is 5.54 Å². The fraction of sp³-hybridized carbons (Fsp3) is 1.00. The molecule has 0 spiro atoms. The van der Waals surface area contributed by atoms with Gasteiger partial charge in [-0.15, -0.1) is 0 Å². The van der Waals surface area contributed by atoms with Crippen molar-refractivity contribution in [2.24, 2.45) is 11.8 Å². The second-order valence-electron chi connectivity index (χ2n) is 7.80. The zero-order chi connectivity index (χ0) is 15.5. The number of hydrogen-bond donors (Lipinski definition) is 2. The Bertz CT molecular complexity index is 308. The molecule has 0 amide bonds. The topological polar surface area (TPSA) is 35.5 Å². The second kappa shape index (κ2) is 7.43. The van der Waals surface area contributed by atoms with Crippen LogP contribution in [-0.2, 0) is 0 Å². The maximum absolute atomic E-state index is 10.2. The molecule has 124 valence electrons. The van der Waals surface area contributed by atoms with Crippen molar-refractivity contribution in [1.82, 2.24) is 10.2 Å². The van der Waals surface area contributed by atoms with Crippen LogP contribution in [0.4, 0.5) is 0 Å². The van der Waals surface area contributed by atoms with Gasteiger partial charge in [0.25, 0.3) is 0 Å². The summed E-state index contributed by atoms with van der Waals surface area (Å²) < 4.78 is 0. The van der Waals surface area contributed by atoms with Crippen LogP contribution in [0.3, 0.4) is 0 Å². The van der Waals surface area contributed by atoms with Gasteiger partial charge in [-0.25, -0.2) is 0 Å². The van der Waals surface area contributed by atoms with Gasteiger partial charge in [0.2, 0.25) is 0 Å². The molecule has 2 fully saturated rings. The lowest BCUT2D eigenvalue weighted by atomic mass is 9.91. The first kappa shape index (κ1) is 17.2. The summed E-state index contributed by atoms with van der Waals surface area (Å²) in [7, 11) is 0. The van der Waals surface area contributed by atoms with Gasteiger partial charge in [0.05, 0.1) is 12.1 Å². The van der Waals surface area contributed by atoms with E-state index in [1.54, 1.807) is 0 Å². The molecule has 0 aromatic heterocycles. The maximum atomic E-state index is 10.2. The standard InChI is InChI=1S/C18H36N2O/c1-5-17(6-2)20(11-14(3)4)12-18(13-21,15-7-8-15)19-16-9-10-16/h14-17,19,21H,5-13H2,1-4H3. The number of aliphatic hydroxyl groups excluding tert-OH is 1. The fourth-order valence-corrected chi connectivity index (χ4v) is 3.77. The molecule has 0 heterocycles. The summed E-state index contributed by atoms with van der Waals surface area (Å²) in [6.07, 6.45) is 7.59. The number of hydrogen-bond acceptors (Lipinski definition) is 3. The summed E-state index contributed by atoms with van der Waals surface area (Å²) in [5.41, 5.74) is -0.0430. The smallest absolute Gasteiger partial charge is 0.0628 e. The van der Waals surface area contributed by atoms with E-state index in [1.165, 1.54) is 38.5 Å². The molecule has 3 nitrogen and oxygen atoms in total. The minimum atomic E-state index is -0.0430. The van der Waals surface area contributed by atoms with Crippen molar-refractivity contribution in [2.75, 3.05) is 19.7 Å². The van der Waals surface area contributed by atoms with Crippen molar-refractivity contribution in [2.45, 2.75) is 83.8 Å². The Balaban J connectivity index is 2.08. The van der Waals surface area contributed by atoms with Crippen LogP contribution < -0.4 is 5.32 Å². The SMILES string of the molecule is CCC(CC)N(CC(C)C)CC(CO)(NC1CC1)C1CC1. The number of aliphatic hydroxyl groups is 1. The average molecular weight is 296 g/mol. The normalized spacial score (nSPS) is 22.3. The van der Waals surface area contributed by atoms with Gasteiger partial charge in [-0.05, 0) is 50.4 Å². The molecule has 0 saturated heterocycles. The van der Waals surface area contributed by atoms with Gasteiger partial charge in [-0.1, -0.05) is 27.7 Å². The van der Waals surface area contributed by atoms with E-state index in [2.05, 4.69) is 37.9 Å². The number of nitrogens with zero attached hydrogens (tertiary/aromatic N) is 1. The van der Waals surface area contributed by atoms with E-state index in [1.807, 2.05) is 0 Å². The van der Waals surface area contributed by atoms with Crippen LogP contribution in [0.2, 0.25) is 0 Å². The highest BCUT2D eigenvalue weighted by Crippen LogP contribution is 2.42.